The molecule has 0 spiro atoms. The van der Waals surface area contributed by atoms with Gasteiger partial charge in [-0.3, -0.25) is 4.79 Å². The first kappa shape index (κ1) is 24.0. The molecule has 0 saturated carbocycles. The summed E-state index contributed by atoms with van der Waals surface area (Å²) in [5.74, 6) is -1.05. The van der Waals surface area contributed by atoms with Gasteiger partial charge in [0.05, 0.1) is 0 Å². The van der Waals surface area contributed by atoms with Gasteiger partial charge in [-0.15, -0.1) is 0 Å². The number of phenolic OH excluding ortho intramolecular Hbond substituents is 3. The van der Waals surface area contributed by atoms with Crippen LogP contribution in [0.5, 0.6) is 17.2 Å². The van der Waals surface area contributed by atoms with Crippen LogP contribution in [0, 0.1) is 17.3 Å². The zero-order chi connectivity index (χ0) is 22.8. The Morgan fingerprint density at radius 1 is 1.23 bits per heavy atom. The molecule has 1 aromatic rings. The molecule has 0 bridgehead atoms. The zero-order valence-electron chi connectivity index (χ0n) is 19.6. The second-order valence-electron chi connectivity index (χ2n) is 9.81. The molecule has 0 saturated heterocycles. The van der Waals surface area contributed by atoms with Crippen LogP contribution in [-0.4, -0.2) is 21.1 Å². The highest BCUT2D eigenvalue weighted by atomic mass is 16.3. The molecule has 166 valence electrons. The van der Waals surface area contributed by atoms with E-state index in [-0.39, 0.29) is 39.9 Å². The zero-order valence-corrected chi connectivity index (χ0v) is 19.6. The van der Waals surface area contributed by atoms with Gasteiger partial charge >= 0.3 is 0 Å². The van der Waals surface area contributed by atoms with Gasteiger partial charge in [0, 0.05) is 24.0 Å². The monoisotopic (exact) mass is 414 g/mol. The number of aromatic hydroxyl groups is 3. The normalized spacial score (nSPS) is 19.5. The maximum Gasteiger partial charge on any atom is 0.173 e. The SMILES string of the molecule is CC[C@H](C)C(=O)c1c(O)cc(O)c(CC2=C(C)[C@@H](CC=C(C)C)C(C)(C)CC2)c1O. The lowest BCUT2D eigenvalue weighted by Gasteiger charge is -2.41. The molecule has 0 aliphatic heterocycles. The molecule has 2 atom stereocenters. The van der Waals surface area contributed by atoms with Gasteiger partial charge in [0.1, 0.15) is 22.8 Å². The molecule has 0 amide bonds. The van der Waals surface area contributed by atoms with Crippen LogP contribution in [0.25, 0.3) is 0 Å². The number of carbonyl (C=O) groups excluding carboxylic acids is 1. The highest BCUT2D eigenvalue weighted by molar-refractivity contribution is 6.03. The van der Waals surface area contributed by atoms with E-state index < -0.39 is 0 Å². The molecule has 2 rings (SSSR count). The van der Waals surface area contributed by atoms with Crippen molar-refractivity contribution in [1.82, 2.24) is 0 Å². The predicted octanol–water partition coefficient (Wildman–Crippen LogP) is 6.68. The summed E-state index contributed by atoms with van der Waals surface area (Å²) in [6.45, 7) is 14.6. The first-order valence-electron chi connectivity index (χ1n) is 11.0. The fraction of sp³-hybridized carbons (Fsp3) is 0.577. The number of allylic oxidation sites excluding steroid dienone is 4. The van der Waals surface area contributed by atoms with Crippen LogP contribution < -0.4 is 0 Å². The Bertz CT molecular complexity index is 870. The number of hydrogen-bond acceptors (Lipinski definition) is 4. The Labute approximate surface area is 181 Å². The van der Waals surface area contributed by atoms with Gasteiger partial charge in [-0.1, -0.05) is 50.5 Å². The number of hydrogen-bond donors (Lipinski definition) is 3. The molecule has 4 heteroatoms. The summed E-state index contributed by atoms with van der Waals surface area (Å²) in [5, 5.41) is 31.6. The van der Waals surface area contributed by atoms with Gasteiger partial charge in [0.15, 0.2) is 5.78 Å². The minimum absolute atomic E-state index is 0.0763. The topological polar surface area (TPSA) is 77.8 Å². The summed E-state index contributed by atoms with van der Waals surface area (Å²) in [5.41, 5.74) is 4.22. The summed E-state index contributed by atoms with van der Waals surface area (Å²) in [6, 6.07) is 1.19. The Morgan fingerprint density at radius 2 is 1.87 bits per heavy atom. The Balaban J connectivity index is 2.49. The third kappa shape index (κ3) is 4.91. The van der Waals surface area contributed by atoms with Crippen LogP contribution in [0.2, 0.25) is 0 Å². The van der Waals surface area contributed by atoms with Gasteiger partial charge in [-0.2, -0.15) is 0 Å². The number of ketones is 1. The van der Waals surface area contributed by atoms with Crippen molar-refractivity contribution in [2.75, 3.05) is 0 Å². The molecule has 30 heavy (non-hydrogen) atoms. The van der Waals surface area contributed by atoms with Gasteiger partial charge in [-0.05, 0) is 57.8 Å². The number of benzene rings is 1. The molecule has 1 aliphatic carbocycles. The van der Waals surface area contributed by atoms with Crippen LogP contribution >= 0.6 is 0 Å². The van der Waals surface area contributed by atoms with E-state index in [1.807, 2.05) is 6.92 Å². The molecule has 1 aromatic carbocycles. The lowest BCUT2D eigenvalue weighted by molar-refractivity contribution is 0.0921. The smallest absolute Gasteiger partial charge is 0.173 e. The van der Waals surface area contributed by atoms with E-state index in [1.165, 1.54) is 22.8 Å². The van der Waals surface area contributed by atoms with E-state index >= 15 is 0 Å². The van der Waals surface area contributed by atoms with Gasteiger partial charge in [0.25, 0.3) is 0 Å². The molecular weight excluding hydrogens is 376 g/mol. The molecule has 0 unspecified atom stereocenters. The molecule has 0 radical (unpaired) electrons. The quantitative estimate of drug-likeness (QED) is 0.343. The minimum atomic E-state index is -0.365. The molecule has 0 aromatic heterocycles. The maximum absolute atomic E-state index is 12.7. The van der Waals surface area contributed by atoms with Crippen molar-refractivity contribution in [2.24, 2.45) is 17.3 Å². The fourth-order valence-corrected chi connectivity index (χ4v) is 4.50. The summed E-state index contributed by atoms with van der Waals surface area (Å²) in [6.07, 6.45) is 6.15. The summed E-state index contributed by atoms with van der Waals surface area (Å²) < 4.78 is 0. The summed E-state index contributed by atoms with van der Waals surface area (Å²) in [7, 11) is 0. The standard InChI is InChI=1S/C26H38O4/c1-8-16(4)24(29)23-22(28)14-21(27)19(25(23)30)13-18-11-12-26(6,7)20(17(18)5)10-9-15(2)3/h9,14,16,20,27-28,30H,8,10-13H2,1-7H3/t16-,20+/m0/s1. The van der Waals surface area contributed by atoms with E-state index in [0.717, 1.165) is 19.3 Å². The van der Waals surface area contributed by atoms with Crippen LogP contribution in [0.4, 0.5) is 0 Å². The van der Waals surface area contributed by atoms with Crippen LogP contribution in [-0.2, 0) is 6.42 Å². The average Bonchev–Trinajstić information content (AvgIpc) is 2.64. The summed E-state index contributed by atoms with van der Waals surface area (Å²) >= 11 is 0. The Kier molecular flexibility index (Phi) is 7.44. The molecule has 0 fully saturated rings. The van der Waals surface area contributed by atoms with E-state index in [9.17, 15) is 20.1 Å². The highest BCUT2D eigenvalue weighted by Crippen LogP contribution is 2.48. The van der Waals surface area contributed by atoms with E-state index in [0.29, 0.717) is 24.3 Å². The van der Waals surface area contributed by atoms with Crippen molar-refractivity contribution < 1.29 is 20.1 Å². The highest BCUT2D eigenvalue weighted by Gasteiger charge is 2.35. The minimum Gasteiger partial charge on any atom is -0.507 e. The van der Waals surface area contributed by atoms with Crippen LogP contribution in [0.3, 0.4) is 0 Å². The van der Waals surface area contributed by atoms with Crippen molar-refractivity contribution >= 4 is 5.78 Å². The summed E-state index contributed by atoms with van der Waals surface area (Å²) in [4.78, 5) is 12.7. The van der Waals surface area contributed by atoms with Gasteiger partial charge in [-0.25, -0.2) is 0 Å². The van der Waals surface area contributed by atoms with E-state index in [4.69, 9.17) is 0 Å². The lowest BCUT2D eigenvalue weighted by atomic mass is 9.64. The van der Waals surface area contributed by atoms with Gasteiger partial charge in [0.2, 0.25) is 0 Å². The second-order valence-corrected chi connectivity index (χ2v) is 9.81. The number of rotatable bonds is 7. The van der Waals surface area contributed by atoms with Crippen molar-refractivity contribution in [3.63, 3.8) is 0 Å². The predicted molar refractivity (Wildman–Crippen MR) is 122 cm³/mol. The fourth-order valence-electron chi connectivity index (χ4n) is 4.50. The molecule has 3 N–H and O–H groups in total. The number of phenols is 3. The first-order valence-corrected chi connectivity index (χ1v) is 11.0. The lowest BCUT2D eigenvalue weighted by Crippen LogP contribution is -2.29. The van der Waals surface area contributed by atoms with Crippen LogP contribution in [0.1, 0.15) is 90.1 Å². The van der Waals surface area contributed by atoms with E-state index in [2.05, 4.69) is 40.7 Å². The molecule has 0 heterocycles. The van der Waals surface area contributed by atoms with Crippen molar-refractivity contribution in [3.8, 4) is 17.2 Å². The van der Waals surface area contributed by atoms with Crippen molar-refractivity contribution in [1.29, 1.82) is 0 Å². The Hall–Kier alpha value is -2.23. The molecule has 1 aliphatic rings. The average molecular weight is 415 g/mol. The first-order chi connectivity index (χ1) is 13.9. The Morgan fingerprint density at radius 3 is 2.43 bits per heavy atom. The van der Waals surface area contributed by atoms with Crippen molar-refractivity contribution in [2.45, 2.75) is 80.6 Å². The van der Waals surface area contributed by atoms with Crippen LogP contribution in [0.15, 0.2) is 28.9 Å². The third-order valence-electron chi connectivity index (χ3n) is 6.91. The molecular formula is C26H38O4. The maximum atomic E-state index is 12.7. The van der Waals surface area contributed by atoms with E-state index in [1.54, 1.807) is 6.92 Å². The number of carbonyl (C=O) groups is 1. The van der Waals surface area contributed by atoms with Crippen molar-refractivity contribution in [3.05, 3.63) is 40.0 Å². The molecule has 4 nitrogen and oxygen atoms in total. The third-order valence-corrected chi connectivity index (χ3v) is 6.91. The van der Waals surface area contributed by atoms with Gasteiger partial charge < -0.3 is 15.3 Å². The largest absolute Gasteiger partial charge is 0.507 e. The number of Topliss-reactive ketones (excluding diaryl/α,β-unsaturated/α-hetero) is 1. The second kappa shape index (κ2) is 9.28.